The molecule has 0 unspecified atom stereocenters. The number of aromatic nitrogens is 1. The molecule has 1 N–H and O–H groups in total. The molecule has 0 radical (unpaired) electrons. The quantitative estimate of drug-likeness (QED) is 0.814. The summed E-state index contributed by atoms with van der Waals surface area (Å²) in [4.78, 5) is 5.76. The molecule has 0 atom stereocenters. The second kappa shape index (κ2) is 6.77. The molecule has 2 heterocycles. The number of fused-ring (bicyclic) bond motifs is 1. The molecule has 2 aromatic rings. The van der Waals surface area contributed by atoms with Gasteiger partial charge in [0, 0.05) is 23.2 Å². The number of nitrogens with one attached hydrogen (secondary N) is 1. The van der Waals surface area contributed by atoms with Gasteiger partial charge in [0.1, 0.15) is 18.2 Å². The SMILES string of the molecule is CCCNCc1cnc(-c2cc(Br)c3c(c2)OCCO3)s1. The summed E-state index contributed by atoms with van der Waals surface area (Å²) in [6, 6.07) is 4.04. The smallest absolute Gasteiger partial charge is 0.175 e. The van der Waals surface area contributed by atoms with Crippen molar-refractivity contribution in [3.8, 4) is 22.1 Å². The van der Waals surface area contributed by atoms with Gasteiger partial charge in [-0.05, 0) is 41.0 Å². The van der Waals surface area contributed by atoms with E-state index in [0.29, 0.717) is 13.2 Å². The van der Waals surface area contributed by atoms with E-state index in [2.05, 4.69) is 33.2 Å². The molecule has 0 saturated heterocycles. The van der Waals surface area contributed by atoms with Crippen LogP contribution >= 0.6 is 27.3 Å². The third-order valence-corrected chi connectivity index (χ3v) is 4.76. The molecule has 0 aliphatic carbocycles. The average Bonchev–Trinajstić information content (AvgIpc) is 2.96. The molecule has 1 aliphatic rings. The van der Waals surface area contributed by atoms with E-state index in [1.165, 1.54) is 4.88 Å². The third kappa shape index (κ3) is 3.39. The Kier molecular flexibility index (Phi) is 4.77. The lowest BCUT2D eigenvalue weighted by Crippen LogP contribution is -2.15. The van der Waals surface area contributed by atoms with E-state index in [9.17, 15) is 0 Å². The maximum atomic E-state index is 5.66. The van der Waals surface area contributed by atoms with E-state index in [-0.39, 0.29) is 0 Å². The zero-order chi connectivity index (χ0) is 14.7. The highest BCUT2D eigenvalue weighted by atomic mass is 79.9. The van der Waals surface area contributed by atoms with Crippen molar-refractivity contribution in [2.24, 2.45) is 0 Å². The normalized spacial score (nSPS) is 13.4. The summed E-state index contributed by atoms with van der Waals surface area (Å²) in [7, 11) is 0. The van der Waals surface area contributed by atoms with Crippen molar-refractivity contribution in [2.45, 2.75) is 19.9 Å². The summed E-state index contributed by atoms with van der Waals surface area (Å²) < 4.78 is 12.2. The number of hydrogen-bond acceptors (Lipinski definition) is 5. The molecule has 3 rings (SSSR count). The van der Waals surface area contributed by atoms with Gasteiger partial charge in [0.2, 0.25) is 0 Å². The zero-order valence-corrected chi connectivity index (χ0v) is 14.2. The third-order valence-electron chi connectivity index (χ3n) is 3.12. The minimum Gasteiger partial charge on any atom is -0.486 e. The van der Waals surface area contributed by atoms with Gasteiger partial charge in [-0.3, -0.25) is 0 Å². The van der Waals surface area contributed by atoms with Crippen molar-refractivity contribution in [3.63, 3.8) is 0 Å². The van der Waals surface area contributed by atoms with Gasteiger partial charge in [0.25, 0.3) is 0 Å². The van der Waals surface area contributed by atoms with Crippen LogP contribution in [0.25, 0.3) is 10.6 Å². The largest absolute Gasteiger partial charge is 0.486 e. The molecule has 0 fully saturated rings. The summed E-state index contributed by atoms with van der Waals surface area (Å²) in [5.41, 5.74) is 1.05. The van der Waals surface area contributed by atoms with Crippen molar-refractivity contribution in [3.05, 3.63) is 27.7 Å². The lowest BCUT2D eigenvalue weighted by Gasteiger charge is -2.20. The van der Waals surface area contributed by atoms with Crippen LogP contribution in [0.15, 0.2) is 22.8 Å². The van der Waals surface area contributed by atoms with E-state index in [1.54, 1.807) is 11.3 Å². The van der Waals surface area contributed by atoms with E-state index >= 15 is 0 Å². The Morgan fingerprint density at radius 1 is 1.33 bits per heavy atom. The van der Waals surface area contributed by atoms with Crippen LogP contribution in [0.4, 0.5) is 0 Å². The minimum absolute atomic E-state index is 0.590. The number of rotatable bonds is 5. The first-order valence-electron chi connectivity index (χ1n) is 7.03. The molecule has 0 amide bonds. The van der Waals surface area contributed by atoms with Crippen molar-refractivity contribution < 1.29 is 9.47 Å². The van der Waals surface area contributed by atoms with E-state index in [4.69, 9.17) is 9.47 Å². The summed E-state index contributed by atoms with van der Waals surface area (Å²) in [6.45, 7) is 5.25. The molecule has 6 heteroatoms. The van der Waals surface area contributed by atoms with Crippen LogP contribution in [0.5, 0.6) is 11.5 Å². The van der Waals surface area contributed by atoms with Gasteiger partial charge in [0.15, 0.2) is 11.5 Å². The number of halogens is 1. The fourth-order valence-electron chi connectivity index (χ4n) is 2.15. The summed E-state index contributed by atoms with van der Waals surface area (Å²) in [5, 5.41) is 4.39. The lowest BCUT2D eigenvalue weighted by atomic mass is 10.2. The maximum absolute atomic E-state index is 5.66. The van der Waals surface area contributed by atoms with Crippen LogP contribution in [0, 0.1) is 0 Å². The van der Waals surface area contributed by atoms with Crippen LogP contribution in [0.3, 0.4) is 0 Å². The van der Waals surface area contributed by atoms with Gasteiger partial charge in [-0.2, -0.15) is 0 Å². The first-order valence-corrected chi connectivity index (χ1v) is 8.64. The van der Waals surface area contributed by atoms with E-state index in [1.807, 2.05) is 18.3 Å². The van der Waals surface area contributed by atoms with Crippen molar-refractivity contribution in [1.82, 2.24) is 10.3 Å². The minimum atomic E-state index is 0.590. The first-order chi connectivity index (χ1) is 10.3. The van der Waals surface area contributed by atoms with Crippen molar-refractivity contribution in [1.29, 1.82) is 0 Å². The molecule has 0 saturated carbocycles. The van der Waals surface area contributed by atoms with Gasteiger partial charge in [-0.1, -0.05) is 6.92 Å². The van der Waals surface area contributed by atoms with E-state index in [0.717, 1.165) is 46.1 Å². The van der Waals surface area contributed by atoms with Crippen molar-refractivity contribution >= 4 is 27.3 Å². The molecule has 1 aliphatic heterocycles. The number of hydrogen-bond donors (Lipinski definition) is 1. The Balaban J connectivity index is 1.82. The number of thiazole rings is 1. The maximum Gasteiger partial charge on any atom is 0.175 e. The Labute approximate surface area is 136 Å². The molecule has 4 nitrogen and oxygen atoms in total. The molecule has 0 bridgehead atoms. The molecule has 1 aromatic heterocycles. The molecule has 1 aromatic carbocycles. The number of benzene rings is 1. The fourth-order valence-corrected chi connectivity index (χ4v) is 3.57. The van der Waals surface area contributed by atoms with Crippen LogP contribution in [-0.2, 0) is 6.54 Å². The average molecular weight is 369 g/mol. The van der Waals surface area contributed by atoms with Crippen molar-refractivity contribution in [2.75, 3.05) is 19.8 Å². The van der Waals surface area contributed by atoms with Gasteiger partial charge >= 0.3 is 0 Å². The van der Waals surface area contributed by atoms with Crippen LogP contribution in [0.2, 0.25) is 0 Å². The molecule has 112 valence electrons. The lowest BCUT2D eigenvalue weighted by molar-refractivity contribution is 0.170. The monoisotopic (exact) mass is 368 g/mol. The molecular formula is C15H17BrN2O2S. The van der Waals surface area contributed by atoms with Crippen LogP contribution in [-0.4, -0.2) is 24.7 Å². The van der Waals surface area contributed by atoms with Gasteiger partial charge in [-0.25, -0.2) is 4.98 Å². The highest BCUT2D eigenvalue weighted by Crippen LogP contribution is 2.41. The molecule has 0 spiro atoms. The zero-order valence-electron chi connectivity index (χ0n) is 11.8. The number of ether oxygens (including phenoxy) is 2. The van der Waals surface area contributed by atoms with E-state index < -0.39 is 0 Å². The molecular weight excluding hydrogens is 352 g/mol. The molecule has 21 heavy (non-hydrogen) atoms. The summed E-state index contributed by atoms with van der Waals surface area (Å²) in [5.74, 6) is 1.57. The Bertz CT molecular complexity index is 630. The first kappa shape index (κ1) is 14.8. The highest BCUT2D eigenvalue weighted by Gasteiger charge is 2.18. The predicted molar refractivity (Wildman–Crippen MR) is 88.2 cm³/mol. The standard InChI is InChI=1S/C15H17BrN2O2S/c1-2-3-17-8-11-9-18-15(21-11)10-6-12(16)14-13(7-10)19-4-5-20-14/h6-7,9,17H,2-5,8H2,1H3. The number of nitrogens with zero attached hydrogens (tertiary/aromatic N) is 1. The second-order valence-corrected chi connectivity index (χ2v) is 6.76. The Morgan fingerprint density at radius 3 is 3.05 bits per heavy atom. The fraction of sp³-hybridized carbons (Fsp3) is 0.400. The Morgan fingerprint density at radius 2 is 2.19 bits per heavy atom. The Hall–Kier alpha value is -1.11. The van der Waals surface area contributed by atoms with Crippen LogP contribution < -0.4 is 14.8 Å². The predicted octanol–water partition coefficient (Wildman–Crippen LogP) is 3.84. The summed E-state index contributed by atoms with van der Waals surface area (Å²) >= 11 is 5.25. The van der Waals surface area contributed by atoms with Gasteiger partial charge < -0.3 is 14.8 Å². The summed E-state index contributed by atoms with van der Waals surface area (Å²) in [6.07, 6.45) is 3.08. The highest BCUT2D eigenvalue weighted by molar-refractivity contribution is 9.10. The van der Waals surface area contributed by atoms with Crippen LogP contribution in [0.1, 0.15) is 18.2 Å². The topological polar surface area (TPSA) is 43.4 Å². The van der Waals surface area contributed by atoms with Gasteiger partial charge in [-0.15, -0.1) is 11.3 Å². The second-order valence-electron chi connectivity index (χ2n) is 4.79. The van der Waals surface area contributed by atoms with Gasteiger partial charge in [0.05, 0.1) is 4.47 Å².